The molecule has 26 heavy (non-hydrogen) atoms. The van der Waals surface area contributed by atoms with Crippen LogP contribution >= 0.6 is 0 Å². The van der Waals surface area contributed by atoms with E-state index >= 15 is 0 Å². The molecule has 1 unspecified atom stereocenters. The van der Waals surface area contributed by atoms with Crippen LogP contribution in [-0.2, 0) is 19.4 Å². The van der Waals surface area contributed by atoms with E-state index in [1.54, 1.807) is 0 Å². The first-order valence-corrected chi connectivity index (χ1v) is 9.64. The number of hydrogen-bond acceptors (Lipinski definition) is 5. The minimum atomic E-state index is -4.90. The summed E-state index contributed by atoms with van der Waals surface area (Å²) in [5.74, 6) is -5.68. The normalized spacial score (nSPS) is 18.3. The van der Waals surface area contributed by atoms with Crippen molar-refractivity contribution in [2.75, 3.05) is 18.4 Å². The molecule has 2 rings (SSSR count). The zero-order valence-corrected chi connectivity index (χ0v) is 15.2. The fraction of sp³-hybridized carbons (Fsp3) is 0.500. The number of rotatable bonds is 5. The summed E-state index contributed by atoms with van der Waals surface area (Å²) in [5, 5.41) is 4.68. The average Bonchev–Trinajstić information content (AvgIpc) is 3.03. The molecule has 0 aromatic heterocycles. The number of halogens is 2. The van der Waals surface area contributed by atoms with Crippen molar-refractivity contribution in [1.82, 2.24) is 10.2 Å². The third-order valence-electron chi connectivity index (χ3n) is 4.17. The Morgan fingerprint density at radius 2 is 1.85 bits per heavy atom. The van der Waals surface area contributed by atoms with Crippen LogP contribution in [0.3, 0.4) is 0 Å². The van der Waals surface area contributed by atoms with Gasteiger partial charge in [0.25, 0.3) is 0 Å². The zero-order chi connectivity index (χ0) is 19.5. The number of hydrogen-bond donors (Lipinski definition) is 2. The van der Waals surface area contributed by atoms with Gasteiger partial charge in [0.1, 0.15) is 0 Å². The third-order valence-corrected chi connectivity index (χ3v) is 5.61. The van der Waals surface area contributed by atoms with Gasteiger partial charge in [0.05, 0.1) is 10.6 Å². The Morgan fingerprint density at radius 3 is 2.42 bits per heavy atom. The van der Waals surface area contributed by atoms with Crippen LogP contribution in [0.1, 0.15) is 20.3 Å². The fourth-order valence-electron chi connectivity index (χ4n) is 2.72. The van der Waals surface area contributed by atoms with E-state index in [1.165, 1.54) is 12.1 Å². The summed E-state index contributed by atoms with van der Waals surface area (Å²) < 4.78 is 48.9. The quantitative estimate of drug-likeness (QED) is 0.739. The van der Waals surface area contributed by atoms with E-state index < -0.39 is 32.3 Å². The van der Waals surface area contributed by atoms with Crippen molar-refractivity contribution in [2.45, 2.75) is 43.0 Å². The summed E-state index contributed by atoms with van der Waals surface area (Å²) in [6.45, 7) is 5.45. The number of benzene rings is 1. The Labute approximate surface area is 150 Å². The number of anilines is 1. The van der Waals surface area contributed by atoms with Crippen LogP contribution in [0.5, 0.6) is 0 Å². The van der Waals surface area contributed by atoms with Gasteiger partial charge in [0.15, 0.2) is 0 Å². The lowest BCUT2D eigenvalue weighted by molar-refractivity contribution is -0.136. The summed E-state index contributed by atoms with van der Waals surface area (Å²) in [6.07, 6.45) is 0.688. The summed E-state index contributed by atoms with van der Waals surface area (Å²) in [4.78, 5) is 25.5. The number of likely N-dealkylation sites (tertiary alicyclic amines) is 1. The van der Waals surface area contributed by atoms with E-state index in [-0.39, 0.29) is 11.7 Å². The molecule has 1 aromatic rings. The Hall–Kier alpha value is -2.07. The number of nitrogens with zero attached hydrogens (tertiary/aromatic N) is 1. The van der Waals surface area contributed by atoms with E-state index in [0.29, 0.717) is 19.0 Å². The van der Waals surface area contributed by atoms with Crippen LogP contribution in [0.15, 0.2) is 29.2 Å². The second kappa shape index (κ2) is 8.09. The Bertz CT molecular complexity index is 783. The van der Waals surface area contributed by atoms with Crippen molar-refractivity contribution < 1.29 is 26.8 Å². The molecule has 2 amide bonds. The van der Waals surface area contributed by atoms with Gasteiger partial charge in [-0.1, -0.05) is 12.1 Å². The first kappa shape index (κ1) is 20.2. The highest BCUT2D eigenvalue weighted by atomic mass is 32.2. The predicted molar refractivity (Wildman–Crippen MR) is 91.5 cm³/mol. The zero-order valence-electron chi connectivity index (χ0n) is 14.4. The fourth-order valence-corrected chi connectivity index (χ4v) is 3.60. The molecule has 1 aliphatic rings. The first-order chi connectivity index (χ1) is 12.1. The Kier molecular flexibility index (Phi) is 6.30. The van der Waals surface area contributed by atoms with Gasteiger partial charge in [0, 0.05) is 25.2 Å². The van der Waals surface area contributed by atoms with Crippen molar-refractivity contribution in [1.29, 1.82) is 0 Å². The van der Waals surface area contributed by atoms with Crippen LogP contribution < -0.4 is 10.6 Å². The number of alkyl halides is 2. The lowest BCUT2D eigenvalue weighted by Crippen LogP contribution is -2.43. The Balaban J connectivity index is 2.06. The van der Waals surface area contributed by atoms with E-state index in [1.807, 2.05) is 13.8 Å². The maximum Gasteiger partial charge on any atom is 0.341 e. The molecule has 0 radical (unpaired) electrons. The molecule has 144 valence electrons. The topological polar surface area (TPSA) is 95.6 Å². The molecule has 1 aliphatic heterocycles. The standard InChI is InChI=1S/C16H21F2N3O4S/c1-10(2)21-8-7-11(9-21)19-14(22)15(23)20-12-5-3-4-6-13(12)26(24,25)16(17)18/h3-6,10-11,16H,7-9H2,1-2H3,(H,19,22)(H,20,23). The molecule has 7 nitrogen and oxygen atoms in total. The first-order valence-electron chi connectivity index (χ1n) is 8.10. The molecule has 1 heterocycles. The largest absolute Gasteiger partial charge is 0.344 e. The molecule has 1 fully saturated rings. The second-order valence-corrected chi connectivity index (χ2v) is 8.19. The number of nitrogens with one attached hydrogen (secondary N) is 2. The molecule has 1 aromatic carbocycles. The minimum Gasteiger partial charge on any atom is -0.344 e. The maximum atomic E-state index is 12.8. The molecule has 10 heteroatoms. The SMILES string of the molecule is CC(C)N1CCC(NC(=O)C(=O)Nc2ccccc2S(=O)(=O)C(F)F)C1. The van der Waals surface area contributed by atoms with E-state index in [9.17, 15) is 26.8 Å². The molecule has 0 saturated carbocycles. The van der Waals surface area contributed by atoms with E-state index in [4.69, 9.17) is 0 Å². The van der Waals surface area contributed by atoms with E-state index in [0.717, 1.165) is 18.7 Å². The lowest BCUT2D eigenvalue weighted by atomic mass is 10.2. The van der Waals surface area contributed by atoms with Gasteiger partial charge >= 0.3 is 17.6 Å². The highest BCUT2D eigenvalue weighted by molar-refractivity contribution is 7.91. The predicted octanol–water partition coefficient (Wildman–Crippen LogP) is 1.22. The highest BCUT2D eigenvalue weighted by Gasteiger charge is 2.31. The van der Waals surface area contributed by atoms with Crippen LogP contribution in [0.25, 0.3) is 0 Å². The molecular weight excluding hydrogens is 368 g/mol. The van der Waals surface area contributed by atoms with Crippen LogP contribution in [-0.4, -0.2) is 56.1 Å². The maximum absolute atomic E-state index is 12.8. The van der Waals surface area contributed by atoms with Crippen molar-refractivity contribution in [3.8, 4) is 0 Å². The van der Waals surface area contributed by atoms with Crippen molar-refractivity contribution >= 4 is 27.3 Å². The molecule has 0 bridgehead atoms. The molecule has 0 aliphatic carbocycles. The number of carbonyl (C=O) groups excluding carboxylic acids is 2. The molecular formula is C16H21F2N3O4S. The van der Waals surface area contributed by atoms with Gasteiger partial charge in [-0.05, 0) is 32.4 Å². The van der Waals surface area contributed by atoms with E-state index in [2.05, 4.69) is 15.5 Å². The van der Waals surface area contributed by atoms with Crippen LogP contribution in [0, 0.1) is 0 Å². The highest BCUT2D eigenvalue weighted by Crippen LogP contribution is 2.26. The summed E-state index contributed by atoms with van der Waals surface area (Å²) in [5.41, 5.74) is -0.358. The van der Waals surface area contributed by atoms with Crippen LogP contribution in [0.4, 0.5) is 14.5 Å². The molecule has 0 spiro atoms. The van der Waals surface area contributed by atoms with Gasteiger partial charge in [-0.2, -0.15) is 8.78 Å². The number of carbonyl (C=O) groups is 2. The van der Waals surface area contributed by atoms with Gasteiger partial charge in [-0.15, -0.1) is 0 Å². The van der Waals surface area contributed by atoms with Gasteiger partial charge in [0.2, 0.25) is 9.84 Å². The van der Waals surface area contributed by atoms with Gasteiger partial charge in [-0.25, -0.2) is 8.42 Å². The summed E-state index contributed by atoms with van der Waals surface area (Å²) >= 11 is 0. The lowest BCUT2D eigenvalue weighted by Gasteiger charge is -2.20. The van der Waals surface area contributed by atoms with Gasteiger partial charge in [-0.3, -0.25) is 14.5 Å². The minimum absolute atomic E-state index is 0.198. The molecule has 2 N–H and O–H groups in total. The summed E-state index contributed by atoms with van der Waals surface area (Å²) in [6, 6.07) is 4.84. The monoisotopic (exact) mass is 389 g/mol. The van der Waals surface area contributed by atoms with Crippen molar-refractivity contribution in [3.05, 3.63) is 24.3 Å². The van der Waals surface area contributed by atoms with Crippen LogP contribution in [0.2, 0.25) is 0 Å². The van der Waals surface area contributed by atoms with Crippen molar-refractivity contribution in [3.63, 3.8) is 0 Å². The molecule has 1 saturated heterocycles. The third kappa shape index (κ3) is 4.55. The smallest absolute Gasteiger partial charge is 0.341 e. The molecule has 1 atom stereocenters. The second-order valence-electron chi connectivity index (χ2n) is 6.30. The average molecular weight is 389 g/mol. The van der Waals surface area contributed by atoms with Gasteiger partial charge < -0.3 is 10.6 Å². The summed E-state index contributed by atoms with van der Waals surface area (Å²) in [7, 11) is -4.90. The number of amides is 2. The Morgan fingerprint density at radius 1 is 1.19 bits per heavy atom. The number of para-hydroxylation sites is 1. The number of sulfone groups is 1. The van der Waals surface area contributed by atoms with Crippen molar-refractivity contribution in [2.24, 2.45) is 0 Å².